The third-order valence-corrected chi connectivity index (χ3v) is 2.44. The molecule has 0 aliphatic rings. The summed E-state index contributed by atoms with van der Waals surface area (Å²) in [5.41, 5.74) is 0.685. The van der Waals surface area contributed by atoms with Gasteiger partial charge in [-0.3, -0.25) is 4.79 Å². The van der Waals surface area contributed by atoms with Crippen LogP contribution in [0.1, 0.15) is 29.5 Å². The Morgan fingerprint density at radius 3 is 2.88 bits per heavy atom. The molecule has 88 valence electrons. The molecule has 3 heteroatoms. The van der Waals surface area contributed by atoms with Crippen LogP contribution >= 0.6 is 0 Å². The standard InChI is InChI=1S/C14H14O3/c1-2-14(15)11-5-3-6-12(9-11)17-10-13-7-4-8-16-13/h3-9H,2,10H2,1H3. The Morgan fingerprint density at radius 2 is 2.18 bits per heavy atom. The molecular formula is C14H14O3. The average Bonchev–Trinajstić information content (AvgIpc) is 2.89. The molecule has 0 amide bonds. The van der Waals surface area contributed by atoms with Crippen LogP contribution in [0, 0.1) is 0 Å². The van der Waals surface area contributed by atoms with Crippen molar-refractivity contribution < 1.29 is 13.9 Å². The third kappa shape index (κ3) is 2.97. The van der Waals surface area contributed by atoms with Gasteiger partial charge in [-0.2, -0.15) is 0 Å². The first-order valence-electron chi connectivity index (χ1n) is 5.58. The quantitative estimate of drug-likeness (QED) is 0.738. The van der Waals surface area contributed by atoms with Gasteiger partial charge < -0.3 is 9.15 Å². The van der Waals surface area contributed by atoms with E-state index in [0.717, 1.165) is 5.76 Å². The first-order valence-corrected chi connectivity index (χ1v) is 5.58. The number of Topliss-reactive ketones (excluding diaryl/α,β-unsaturated/α-hetero) is 1. The second-order valence-electron chi connectivity index (χ2n) is 3.67. The zero-order valence-electron chi connectivity index (χ0n) is 9.68. The molecule has 0 N–H and O–H groups in total. The maximum absolute atomic E-state index is 11.5. The number of carbonyl (C=O) groups is 1. The summed E-state index contributed by atoms with van der Waals surface area (Å²) in [6, 6.07) is 10.9. The van der Waals surface area contributed by atoms with Gasteiger partial charge in [-0.1, -0.05) is 19.1 Å². The van der Waals surface area contributed by atoms with Crippen LogP contribution < -0.4 is 4.74 Å². The second kappa shape index (κ2) is 5.34. The molecule has 0 aliphatic carbocycles. The molecule has 0 spiro atoms. The van der Waals surface area contributed by atoms with Crippen molar-refractivity contribution in [3.63, 3.8) is 0 Å². The normalized spacial score (nSPS) is 10.2. The Bertz CT molecular complexity index is 486. The topological polar surface area (TPSA) is 39.4 Å². The van der Waals surface area contributed by atoms with Crippen molar-refractivity contribution in [1.82, 2.24) is 0 Å². The number of ketones is 1. The van der Waals surface area contributed by atoms with E-state index in [-0.39, 0.29) is 5.78 Å². The Hall–Kier alpha value is -2.03. The highest BCUT2D eigenvalue weighted by molar-refractivity contribution is 5.96. The summed E-state index contributed by atoms with van der Waals surface area (Å²) in [5, 5.41) is 0. The smallest absolute Gasteiger partial charge is 0.162 e. The monoisotopic (exact) mass is 230 g/mol. The van der Waals surface area contributed by atoms with Crippen molar-refractivity contribution >= 4 is 5.78 Å². The van der Waals surface area contributed by atoms with Crippen molar-refractivity contribution in [2.24, 2.45) is 0 Å². The van der Waals surface area contributed by atoms with E-state index < -0.39 is 0 Å². The molecule has 1 aromatic heterocycles. The summed E-state index contributed by atoms with van der Waals surface area (Å²) in [5.74, 6) is 1.56. The third-order valence-electron chi connectivity index (χ3n) is 2.44. The van der Waals surface area contributed by atoms with Crippen molar-refractivity contribution in [2.45, 2.75) is 20.0 Å². The molecule has 0 saturated carbocycles. The number of hydrogen-bond acceptors (Lipinski definition) is 3. The van der Waals surface area contributed by atoms with E-state index in [1.807, 2.05) is 31.2 Å². The van der Waals surface area contributed by atoms with Crippen molar-refractivity contribution in [1.29, 1.82) is 0 Å². The van der Waals surface area contributed by atoms with Gasteiger partial charge in [-0.05, 0) is 24.3 Å². The Balaban J connectivity index is 2.03. The lowest BCUT2D eigenvalue weighted by atomic mass is 10.1. The summed E-state index contributed by atoms with van der Waals surface area (Å²) in [4.78, 5) is 11.5. The van der Waals surface area contributed by atoms with Gasteiger partial charge in [-0.25, -0.2) is 0 Å². The summed E-state index contributed by atoms with van der Waals surface area (Å²) >= 11 is 0. The Morgan fingerprint density at radius 1 is 1.29 bits per heavy atom. The molecule has 2 rings (SSSR count). The SMILES string of the molecule is CCC(=O)c1cccc(OCc2ccco2)c1. The summed E-state index contributed by atoms with van der Waals surface area (Å²) in [6.45, 7) is 2.22. The van der Waals surface area contributed by atoms with Gasteiger partial charge in [-0.15, -0.1) is 0 Å². The number of furan rings is 1. The van der Waals surface area contributed by atoms with E-state index in [4.69, 9.17) is 9.15 Å². The number of rotatable bonds is 5. The van der Waals surface area contributed by atoms with E-state index in [0.29, 0.717) is 24.3 Å². The molecule has 2 aromatic rings. The fraction of sp³-hybridized carbons (Fsp3) is 0.214. The van der Waals surface area contributed by atoms with Gasteiger partial charge in [0.25, 0.3) is 0 Å². The largest absolute Gasteiger partial charge is 0.486 e. The van der Waals surface area contributed by atoms with Crippen LogP contribution in [0.4, 0.5) is 0 Å². The highest BCUT2D eigenvalue weighted by atomic mass is 16.5. The number of benzene rings is 1. The van der Waals surface area contributed by atoms with Gasteiger partial charge in [0.1, 0.15) is 18.1 Å². The molecule has 0 unspecified atom stereocenters. The summed E-state index contributed by atoms with van der Waals surface area (Å²) in [6.07, 6.45) is 2.11. The molecule has 0 atom stereocenters. The van der Waals surface area contributed by atoms with Crippen LogP contribution in [-0.2, 0) is 6.61 Å². The van der Waals surface area contributed by atoms with E-state index in [1.54, 1.807) is 18.4 Å². The van der Waals surface area contributed by atoms with Crippen molar-refractivity contribution in [3.05, 3.63) is 54.0 Å². The van der Waals surface area contributed by atoms with Crippen LogP contribution in [0.5, 0.6) is 5.75 Å². The van der Waals surface area contributed by atoms with Gasteiger partial charge in [0.05, 0.1) is 6.26 Å². The minimum absolute atomic E-state index is 0.119. The lowest BCUT2D eigenvalue weighted by Gasteiger charge is -2.05. The number of hydrogen-bond donors (Lipinski definition) is 0. The first-order chi connectivity index (χ1) is 8.29. The Labute approximate surface area is 100 Å². The zero-order valence-corrected chi connectivity index (χ0v) is 9.68. The molecule has 3 nitrogen and oxygen atoms in total. The molecule has 17 heavy (non-hydrogen) atoms. The molecule has 0 bridgehead atoms. The van der Waals surface area contributed by atoms with Gasteiger partial charge in [0.15, 0.2) is 5.78 Å². The Kier molecular flexibility index (Phi) is 3.60. The molecule has 1 aromatic carbocycles. The molecular weight excluding hydrogens is 216 g/mol. The second-order valence-corrected chi connectivity index (χ2v) is 3.67. The summed E-state index contributed by atoms with van der Waals surface area (Å²) < 4.78 is 10.7. The fourth-order valence-electron chi connectivity index (χ4n) is 1.51. The number of carbonyl (C=O) groups excluding carboxylic acids is 1. The van der Waals surface area contributed by atoms with Crippen LogP contribution in [0.25, 0.3) is 0 Å². The van der Waals surface area contributed by atoms with E-state index in [9.17, 15) is 4.79 Å². The molecule has 0 saturated heterocycles. The minimum atomic E-state index is 0.119. The highest BCUT2D eigenvalue weighted by Crippen LogP contribution is 2.16. The van der Waals surface area contributed by atoms with Gasteiger partial charge in [0, 0.05) is 12.0 Å². The average molecular weight is 230 g/mol. The van der Waals surface area contributed by atoms with E-state index in [2.05, 4.69) is 0 Å². The zero-order chi connectivity index (χ0) is 12.1. The first kappa shape index (κ1) is 11.5. The minimum Gasteiger partial charge on any atom is -0.486 e. The van der Waals surface area contributed by atoms with Crippen molar-refractivity contribution in [3.8, 4) is 5.75 Å². The lowest BCUT2D eigenvalue weighted by Crippen LogP contribution is -1.98. The van der Waals surface area contributed by atoms with E-state index in [1.165, 1.54) is 0 Å². The van der Waals surface area contributed by atoms with Crippen LogP contribution in [-0.4, -0.2) is 5.78 Å². The molecule has 0 radical (unpaired) electrons. The summed E-state index contributed by atoms with van der Waals surface area (Å²) in [7, 11) is 0. The van der Waals surface area contributed by atoms with Crippen LogP contribution in [0.3, 0.4) is 0 Å². The lowest BCUT2D eigenvalue weighted by molar-refractivity contribution is 0.0987. The van der Waals surface area contributed by atoms with Gasteiger partial charge in [0.2, 0.25) is 0 Å². The van der Waals surface area contributed by atoms with Crippen LogP contribution in [0.15, 0.2) is 47.1 Å². The number of ether oxygens (including phenoxy) is 1. The fourth-order valence-corrected chi connectivity index (χ4v) is 1.51. The predicted octanol–water partition coefficient (Wildman–Crippen LogP) is 3.45. The predicted molar refractivity (Wildman–Crippen MR) is 64.1 cm³/mol. The van der Waals surface area contributed by atoms with Gasteiger partial charge >= 0.3 is 0 Å². The maximum atomic E-state index is 11.5. The van der Waals surface area contributed by atoms with Crippen LogP contribution in [0.2, 0.25) is 0 Å². The highest BCUT2D eigenvalue weighted by Gasteiger charge is 2.04. The van der Waals surface area contributed by atoms with Crippen molar-refractivity contribution in [2.75, 3.05) is 0 Å². The molecule has 0 fully saturated rings. The maximum Gasteiger partial charge on any atom is 0.162 e. The molecule has 1 heterocycles. The molecule has 0 aliphatic heterocycles. The van der Waals surface area contributed by atoms with E-state index >= 15 is 0 Å².